The number of nitrogens with two attached hydrogens (primary N) is 1. The lowest BCUT2D eigenvalue weighted by Gasteiger charge is -2.21. The van der Waals surface area contributed by atoms with Gasteiger partial charge in [0.1, 0.15) is 12.0 Å². The number of H-pyrrole nitrogens is 1. The molecule has 0 atom stereocenters. The average Bonchev–Trinajstić information content (AvgIpc) is 2.84. The second-order valence-electron chi connectivity index (χ2n) is 5.17. The van der Waals surface area contributed by atoms with Gasteiger partial charge >= 0.3 is 0 Å². The summed E-state index contributed by atoms with van der Waals surface area (Å²) >= 11 is 0. The van der Waals surface area contributed by atoms with Crippen molar-refractivity contribution in [3.8, 4) is 0 Å². The maximum absolute atomic E-state index is 5.68. The molecule has 0 bridgehead atoms. The zero-order valence-electron chi connectivity index (χ0n) is 10.7. The molecule has 0 saturated heterocycles. The quantitative estimate of drug-likeness (QED) is 0.871. The van der Waals surface area contributed by atoms with E-state index in [0.717, 1.165) is 12.1 Å². The summed E-state index contributed by atoms with van der Waals surface area (Å²) in [5.74, 6) is 0.608. The Morgan fingerprint density at radius 3 is 2.83 bits per heavy atom. The third-order valence-corrected chi connectivity index (χ3v) is 3.99. The molecule has 2 heterocycles. The van der Waals surface area contributed by atoms with Gasteiger partial charge < -0.3 is 10.7 Å². The van der Waals surface area contributed by atoms with E-state index in [1.54, 1.807) is 6.33 Å². The predicted octanol–water partition coefficient (Wildman–Crippen LogP) is 2.51. The van der Waals surface area contributed by atoms with Crippen LogP contribution in [0.25, 0.3) is 11.0 Å². The molecule has 0 spiro atoms. The van der Waals surface area contributed by atoms with Crippen molar-refractivity contribution in [1.82, 2.24) is 15.0 Å². The first-order valence-electron chi connectivity index (χ1n) is 6.91. The van der Waals surface area contributed by atoms with Gasteiger partial charge in [0, 0.05) is 17.5 Å². The van der Waals surface area contributed by atoms with Gasteiger partial charge in [0.2, 0.25) is 0 Å². The zero-order chi connectivity index (χ0) is 12.4. The molecule has 2 aromatic heterocycles. The largest absolute Gasteiger partial charge is 0.346 e. The summed E-state index contributed by atoms with van der Waals surface area (Å²) in [4.78, 5) is 12.2. The number of nitrogens with zero attached hydrogens (tertiary/aromatic N) is 2. The Bertz CT molecular complexity index is 526. The highest BCUT2D eigenvalue weighted by Gasteiger charge is 2.21. The minimum Gasteiger partial charge on any atom is -0.346 e. The first kappa shape index (κ1) is 11.7. The summed E-state index contributed by atoms with van der Waals surface area (Å²) in [7, 11) is 0. The lowest BCUT2D eigenvalue weighted by atomic mass is 9.85. The molecule has 2 aromatic rings. The van der Waals surface area contributed by atoms with E-state index in [9.17, 15) is 0 Å². The van der Waals surface area contributed by atoms with Crippen molar-refractivity contribution in [2.75, 3.05) is 6.54 Å². The van der Waals surface area contributed by atoms with Crippen LogP contribution in [0.1, 0.15) is 49.3 Å². The predicted molar refractivity (Wildman–Crippen MR) is 72.5 cm³/mol. The Morgan fingerprint density at radius 1 is 1.22 bits per heavy atom. The fraction of sp³-hybridized carbons (Fsp3) is 0.571. The molecule has 1 aliphatic carbocycles. The second kappa shape index (κ2) is 5.06. The standard InChI is InChI=1S/C14H20N4/c15-7-6-11-8-16-14-12(11)13(17-9-18-14)10-4-2-1-3-5-10/h8-10H,1-7,15H2,(H,16,17,18). The van der Waals surface area contributed by atoms with Gasteiger partial charge in [0.15, 0.2) is 0 Å². The van der Waals surface area contributed by atoms with Crippen LogP contribution in [0.2, 0.25) is 0 Å². The molecule has 0 amide bonds. The van der Waals surface area contributed by atoms with Crippen molar-refractivity contribution < 1.29 is 0 Å². The van der Waals surface area contributed by atoms with Gasteiger partial charge in [-0.2, -0.15) is 0 Å². The second-order valence-corrected chi connectivity index (χ2v) is 5.17. The summed E-state index contributed by atoms with van der Waals surface area (Å²) < 4.78 is 0. The fourth-order valence-electron chi connectivity index (χ4n) is 3.09. The van der Waals surface area contributed by atoms with Crippen LogP contribution in [0.4, 0.5) is 0 Å². The van der Waals surface area contributed by atoms with E-state index >= 15 is 0 Å². The summed E-state index contributed by atoms with van der Waals surface area (Å²) in [6.45, 7) is 0.673. The van der Waals surface area contributed by atoms with Crippen molar-refractivity contribution in [3.63, 3.8) is 0 Å². The molecule has 1 saturated carbocycles. The van der Waals surface area contributed by atoms with Crippen LogP contribution in [0, 0.1) is 0 Å². The third kappa shape index (κ3) is 2.01. The monoisotopic (exact) mass is 244 g/mol. The molecule has 0 aliphatic heterocycles. The van der Waals surface area contributed by atoms with Gasteiger partial charge in [-0.15, -0.1) is 0 Å². The summed E-state index contributed by atoms with van der Waals surface area (Å²) in [6, 6.07) is 0. The van der Waals surface area contributed by atoms with Gasteiger partial charge in [-0.05, 0) is 31.4 Å². The van der Waals surface area contributed by atoms with Gasteiger partial charge in [0.25, 0.3) is 0 Å². The van der Waals surface area contributed by atoms with Crippen LogP contribution in [-0.4, -0.2) is 21.5 Å². The Morgan fingerprint density at radius 2 is 2.06 bits per heavy atom. The molecular formula is C14H20N4. The molecule has 1 aliphatic rings. The lowest BCUT2D eigenvalue weighted by molar-refractivity contribution is 0.438. The molecule has 4 nitrogen and oxygen atoms in total. The van der Waals surface area contributed by atoms with Crippen LogP contribution in [0.15, 0.2) is 12.5 Å². The van der Waals surface area contributed by atoms with E-state index in [4.69, 9.17) is 5.73 Å². The zero-order valence-corrected chi connectivity index (χ0v) is 10.7. The Hall–Kier alpha value is -1.42. The molecule has 3 rings (SSSR count). The summed E-state index contributed by atoms with van der Waals surface area (Å²) in [5.41, 5.74) is 9.16. The number of aromatic amines is 1. The summed E-state index contributed by atoms with van der Waals surface area (Å²) in [6.07, 6.45) is 11.2. The van der Waals surface area contributed by atoms with Crippen LogP contribution in [-0.2, 0) is 6.42 Å². The van der Waals surface area contributed by atoms with Crippen LogP contribution >= 0.6 is 0 Å². The summed E-state index contributed by atoms with van der Waals surface area (Å²) in [5, 5.41) is 1.23. The van der Waals surface area contributed by atoms with Crippen LogP contribution in [0.5, 0.6) is 0 Å². The molecule has 1 fully saturated rings. The molecule has 0 radical (unpaired) electrons. The number of fused-ring (bicyclic) bond motifs is 1. The van der Waals surface area contributed by atoms with Crippen molar-refractivity contribution >= 4 is 11.0 Å². The van der Waals surface area contributed by atoms with E-state index in [1.165, 1.54) is 48.7 Å². The normalized spacial score (nSPS) is 17.4. The molecule has 3 N–H and O–H groups in total. The smallest absolute Gasteiger partial charge is 0.141 e. The maximum Gasteiger partial charge on any atom is 0.141 e. The van der Waals surface area contributed by atoms with E-state index < -0.39 is 0 Å². The third-order valence-electron chi connectivity index (χ3n) is 3.99. The van der Waals surface area contributed by atoms with Gasteiger partial charge in [0.05, 0.1) is 5.69 Å². The highest BCUT2D eigenvalue weighted by atomic mass is 14.9. The minimum absolute atomic E-state index is 0.608. The molecule has 0 aromatic carbocycles. The van der Waals surface area contributed by atoms with E-state index in [-0.39, 0.29) is 0 Å². The first-order chi connectivity index (χ1) is 8.90. The van der Waals surface area contributed by atoms with Gasteiger partial charge in [-0.3, -0.25) is 0 Å². The Kier molecular flexibility index (Phi) is 3.28. The average molecular weight is 244 g/mol. The number of nitrogens with one attached hydrogen (secondary N) is 1. The molecule has 96 valence electrons. The molecule has 0 unspecified atom stereocenters. The fourth-order valence-corrected chi connectivity index (χ4v) is 3.09. The SMILES string of the molecule is NCCc1c[nH]c2ncnc(C3CCCCC3)c12. The molecule has 18 heavy (non-hydrogen) atoms. The van der Waals surface area contributed by atoms with Crippen molar-refractivity contribution in [2.45, 2.75) is 44.4 Å². The Balaban J connectivity index is 2.06. The number of aromatic nitrogens is 3. The molecular weight excluding hydrogens is 224 g/mol. The number of hydrogen-bond acceptors (Lipinski definition) is 3. The Labute approximate surface area is 107 Å². The van der Waals surface area contributed by atoms with E-state index in [1.807, 2.05) is 6.20 Å². The minimum atomic E-state index is 0.608. The van der Waals surface area contributed by atoms with Gasteiger partial charge in [-0.25, -0.2) is 9.97 Å². The maximum atomic E-state index is 5.68. The van der Waals surface area contributed by atoms with E-state index in [0.29, 0.717) is 12.5 Å². The highest BCUT2D eigenvalue weighted by Crippen LogP contribution is 2.35. The van der Waals surface area contributed by atoms with Crippen LogP contribution in [0.3, 0.4) is 0 Å². The van der Waals surface area contributed by atoms with Crippen LogP contribution < -0.4 is 5.73 Å². The number of hydrogen-bond donors (Lipinski definition) is 2. The topological polar surface area (TPSA) is 67.6 Å². The highest BCUT2D eigenvalue weighted by molar-refractivity contribution is 5.82. The van der Waals surface area contributed by atoms with Crippen molar-refractivity contribution in [1.29, 1.82) is 0 Å². The van der Waals surface area contributed by atoms with Gasteiger partial charge in [-0.1, -0.05) is 19.3 Å². The number of rotatable bonds is 3. The lowest BCUT2D eigenvalue weighted by Crippen LogP contribution is -2.09. The van der Waals surface area contributed by atoms with E-state index in [2.05, 4.69) is 15.0 Å². The molecule has 4 heteroatoms. The van der Waals surface area contributed by atoms with Crippen molar-refractivity contribution in [2.24, 2.45) is 5.73 Å². The van der Waals surface area contributed by atoms with Crippen molar-refractivity contribution in [3.05, 3.63) is 23.8 Å². The first-order valence-corrected chi connectivity index (χ1v) is 6.91.